The van der Waals surface area contributed by atoms with Gasteiger partial charge in [-0.1, -0.05) is 63.0 Å². The van der Waals surface area contributed by atoms with E-state index in [4.69, 9.17) is 4.42 Å². The minimum atomic E-state index is 0.0557. The van der Waals surface area contributed by atoms with Gasteiger partial charge in [-0.2, -0.15) is 0 Å². The van der Waals surface area contributed by atoms with Crippen LogP contribution in [0.25, 0.3) is 24.3 Å². The van der Waals surface area contributed by atoms with Gasteiger partial charge >= 0.3 is 0 Å². The first kappa shape index (κ1) is 13.4. The van der Waals surface area contributed by atoms with E-state index in [0.29, 0.717) is 0 Å². The van der Waals surface area contributed by atoms with Gasteiger partial charge in [0, 0.05) is 16.2 Å². The smallest absolute Gasteiger partial charge is 0.135 e. The highest BCUT2D eigenvalue weighted by Crippen LogP contribution is 2.25. The largest absolute Gasteiger partial charge is 0.456 e. The van der Waals surface area contributed by atoms with Crippen molar-refractivity contribution in [1.29, 1.82) is 0 Å². The molecule has 0 spiro atoms. The molecule has 0 aliphatic heterocycles. The summed E-state index contributed by atoms with van der Waals surface area (Å²) in [6.45, 7) is 10.1. The SMILES string of the molecule is C=C/C=c1/c2c(o/c1=C/C=C/C)C=CC(C)(C)C=C2. The molecule has 0 saturated heterocycles. The Morgan fingerprint density at radius 2 is 1.89 bits per heavy atom. The fraction of sp³-hybridized carbons (Fsp3) is 0.222. The summed E-state index contributed by atoms with van der Waals surface area (Å²) in [5.41, 5.74) is 2.05. The highest BCUT2D eigenvalue weighted by molar-refractivity contribution is 5.67. The molecule has 1 heterocycles. The standard InChI is InChI=1S/C18H20O/c1-5-7-9-16-14(8-6-2)15-10-12-18(3,4)13-11-17(15)19-16/h5-13H,2H2,1,3-4H3/b7-5+,14-8-,16-9+. The number of hydrogen-bond donors (Lipinski definition) is 0. The molecule has 0 unspecified atom stereocenters. The molecule has 1 aliphatic rings. The monoisotopic (exact) mass is 252 g/mol. The fourth-order valence-corrected chi connectivity index (χ4v) is 2.03. The van der Waals surface area contributed by atoms with Crippen molar-refractivity contribution in [3.8, 4) is 0 Å². The topological polar surface area (TPSA) is 13.1 Å². The van der Waals surface area contributed by atoms with E-state index in [9.17, 15) is 0 Å². The molecule has 0 aromatic carbocycles. The van der Waals surface area contributed by atoms with Crippen LogP contribution in [-0.4, -0.2) is 0 Å². The average molecular weight is 252 g/mol. The minimum absolute atomic E-state index is 0.0557. The summed E-state index contributed by atoms with van der Waals surface area (Å²) < 4.78 is 5.94. The second kappa shape index (κ2) is 5.31. The van der Waals surface area contributed by atoms with Gasteiger partial charge in [-0.05, 0) is 19.1 Å². The molecule has 1 heteroatoms. The second-order valence-electron chi connectivity index (χ2n) is 5.24. The van der Waals surface area contributed by atoms with E-state index in [2.05, 4.69) is 44.7 Å². The Morgan fingerprint density at radius 3 is 2.58 bits per heavy atom. The van der Waals surface area contributed by atoms with Gasteiger partial charge in [0.25, 0.3) is 0 Å². The van der Waals surface area contributed by atoms with Crippen LogP contribution in [0.1, 0.15) is 32.1 Å². The van der Waals surface area contributed by atoms with E-state index < -0.39 is 0 Å². The molecule has 1 aromatic rings. The van der Waals surface area contributed by atoms with Crippen LogP contribution in [0.3, 0.4) is 0 Å². The fourth-order valence-electron chi connectivity index (χ4n) is 2.03. The van der Waals surface area contributed by atoms with Crippen molar-refractivity contribution >= 4 is 24.3 Å². The summed E-state index contributed by atoms with van der Waals surface area (Å²) >= 11 is 0. The first-order valence-electron chi connectivity index (χ1n) is 6.54. The van der Waals surface area contributed by atoms with Crippen LogP contribution in [0.2, 0.25) is 0 Å². The number of furan rings is 1. The van der Waals surface area contributed by atoms with Gasteiger partial charge in [0.2, 0.25) is 0 Å². The first-order chi connectivity index (χ1) is 9.07. The number of allylic oxidation sites excluding steroid dienone is 5. The zero-order valence-electron chi connectivity index (χ0n) is 11.8. The van der Waals surface area contributed by atoms with Crippen molar-refractivity contribution < 1.29 is 4.42 Å². The lowest BCUT2D eigenvalue weighted by atomic mass is 9.93. The molecule has 0 fully saturated rings. The highest BCUT2D eigenvalue weighted by Gasteiger charge is 2.15. The predicted octanol–water partition coefficient (Wildman–Crippen LogP) is 3.67. The Kier molecular flexibility index (Phi) is 3.75. The summed E-state index contributed by atoms with van der Waals surface area (Å²) in [6.07, 6.45) is 18.3. The molecule has 98 valence electrons. The van der Waals surface area contributed by atoms with Crippen LogP contribution in [0.4, 0.5) is 0 Å². The van der Waals surface area contributed by atoms with Gasteiger partial charge < -0.3 is 4.42 Å². The Morgan fingerprint density at radius 1 is 1.16 bits per heavy atom. The van der Waals surface area contributed by atoms with E-state index in [1.807, 2.05) is 31.2 Å². The number of hydrogen-bond acceptors (Lipinski definition) is 1. The number of fused-ring (bicyclic) bond motifs is 1. The van der Waals surface area contributed by atoms with Crippen molar-refractivity contribution in [3.63, 3.8) is 0 Å². The molecule has 1 nitrogen and oxygen atoms in total. The molecule has 0 atom stereocenters. The third-order valence-electron chi connectivity index (χ3n) is 3.11. The Balaban J connectivity index is 2.73. The lowest BCUT2D eigenvalue weighted by Gasteiger charge is -2.11. The van der Waals surface area contributed by atoms with Gasteiger partial charge in [0.1, 0.15) is 11.2 Å². The lowest BCUT2D eigenvalue weighted by molar-refractivity contribution is 0.520. The Bertz CT molecular complexity index is 676. The lowest BCUT2D eigenvalue weighted by Crippen LogP contribution is -2.21. The molecule has 0 bridgehead atoms. The molecule has 0 radical (unpaired) electrons. The van der Waals surface area contributed by atoms with Crippen molar-refractivity contribution in [3.05, 3.63) is 58.9 Å². The molecule has 2 rings (SSSR count). The van der Waals surface area contributed by atoms with E-state index in [0.717, 1.165) is 22.0 Å². The molecule has 19 heavy (non-hydrogen) atoms. The summed E-state index contributed by atoms with van der Waals surface area (Å²) in [5, 5.41) is 1.08. The van der Waals surface area contributed by atoms with E-state index in [1.54, 1.807) is 6.08 Å². The van der Waals surface area contributed by atoms with Crippen molar-refractivity contribution in [2.45, 2.75) is 20.8 Å². The molecule has 0 amide bonds. The maximum atomic E-state index is 5.94. The van der Waals surface area contributed by atoms with Crippen LogP contribution in [-0.2, 0) is 0 Å². The summed E-state index contributed by atoms with van der Waals surface area (Å²) in [5.74, 6) is 0.908. The van der Waals surface area contributed by atoms with Gasteiger partial charge in [0.05, 0.1) is 0 Å². The maximum Gasteiger partial charge on any atom is 0.135 e. The predicted molar refractivity (Wildman–Crippen MR) is 83.7 cm³/mol. The molecule has 1 aromatic heterocycles. The van der Waals surface area contributed by atoms with Crippen LogP contribution >= 0.6 is 0 Å². The zero-order valence-corrected chi connectivity index (χ0v) is 11.8. The van der Waals surface area contributed by atoms with Crippen LogP contribution in [0.5, 0.6) is 0 Å². The summed E-state index contributed by atoms with van der Waals surface area (Å²) in [4.78, 5) is 0. The van der Waals surface area contributed by atoms with Crippen molar-refractivity contribution in [2.24, 2.45) is 5.41 Å². The van der Waals surface area contributed by atoms with Crippen LogP contribution in [0.15, 0.2) is 41.4 Å². The molecule has 1 aliphatic carbocycles. The van der Waals surface area contributed by atoms with Gasteiger partial charge in [0.15, 0.2) is 0 Å². The molecular weight excluding hydrogens is 232 g/mol. The van der Waals surface area contributed by atoms with Gasteiger partial charge in [-0.15, -0.1) is 0 Å². The number of rotatable bonds is 2. The highest BCUT2D eigenvalue weighted by atomic mass is 16.3. The Labute approximate surface area is 114 Å². The molecule has 0 saturated carbocycles. The minimum Gasteiger partial charge on any atom is -0.456 e. The van der Waals surface area contributed by atoms with Crippen molar-refractivity contribution in [1.82, 2.24) is 0 Å². The third kappa shape index (κ3) is 2.87. The second-order valence-corrected chi connectivity index (χ2v) is 5.24. The van der Waals surface area contributed by atoms with Crippen molar-refractivity contribution in [2.75, 3.05) is 0 Å². The summed E-state index contributed by atoms with van der Waals surface area (Å²) in [6, 6.07) is 0. The average Bonchev–Trinajstić information content (AvgIpc) is 2.62. The molecular formula is C18H20O. The van der Waals surface area contributed by atoms with E-state index in [1.165, 1.54) is 0 Å². The van der Waals surface area contributed by atoms with Gasteiger partial charge in [-0.3, -0.25) is 0 Å². The molecule has 0 N–H and O–H groups in total. The normalized spacial score (nSPS) is 18.9. The summed E-state index contributed by atoms with van der Waals surface area (Å²) in [7, 11) is 0. The Hall–Kier alpha value is -2.02. The zero-order chi connectivity index (χ0) is 13.9. The van der Waals surface area contributed by atoms with E-state index >= 15 is 0 Å². The van der Waals surface area contributed by atoms with Gasteiger partial charge in [-0.25, -0.2) is 0 Å². The third-order valence-corrected chi connectivity index (χ3v) is 3.11. The van der Waals surface area contributed by atoms with Crippen LogP contribution < -0.4 is 10.6 Å². The van der Waals surface area contributed by atoms with E-state index in [-0.39, 0.29) is 5.41 Å². The quantitative estimate of drug-likeness (QED) is 0.782. The first-order valence-corrected chi connectivity index (χ1v) is 6.54. The van der Waals surface area contributed by atoms with Crippen LogP contribution in [0, 0.1) is 5.41 Å². The maximum absolute atomic E-state index is 5.94.